The molecule has 0 saturated carbocycles. The summed E-state index contributed by atoms with van der Waals surface area (Å²) in [6.45, 7) is 3.99. The average Bonchev–Trinajstić information content (AvgIpc) is 2.73. The minimum atomic E-state index is -0.138. The monoisotopic (exact) mass is 401 g/mol. The number of ether oxygens (including phenoxy) is 2. The highest BCUT2D eigenvalue weighted by molar-refractivity contribution is 6.30. The van der Waals surface area contributed by atoms with E-state index in [9.17, 15) is 4.79 Å². The van der Waals surface area contributed by atoms with Gasteiger partial charge in [-0.1, -0.05) is 48.4 Å². The highest BCUT2D eigenvalue weighted by atomic mass is 35.5. The maximum atomic E-state index is 12.3. The van der Waals surface area contributed by atoms with Crippen LogP contribution in [0, 0.1) is 0 Å². The predicted molar refractivity (Wildman–Crippen MR) is 112 cm³/mol. The molecule has 150 valence electrons. The SMILES string of the molecule is CCOC(=O)C1CCCCN1CCC(Oc1ccc(Cl)cc1)c1ccccc1. The Morgan fingerprint density at radius 3 is 2.61 bits per heavy atom. The van der Waals surface area contributed by atoms with E-state index in [2.05, 4.69) is 17.0 Å². The summed E-state index contributed by atoms with van der Waals surface area (Å²) in [5.41, 5.74) is 1.13. The van der Waals surface area contributed by atoms with Gasteiger partial charge in [-0.15, -0.1) is 0 Å². The topological polar surface area (TPSA) is 38.8 Å². The zero-order valence-corrected chi connectivity index (χ0v) is 17.1. The van der Waals surface area contributed by atoms with Crippen LogP contribution in [0.1, 0.15) is 44.3 Å². The summed E-state index contributed by atoms with van der Waals surface area (Å²) < 4.78 is 11.6. The molecule has 1 aliphatic heterocycles. The zero-order chi connectivity index (χ0) is 19.8. The van der Waals surface area contributed by atoms with Crippen LogP contribution in [0.5, 0.6) is 5.75 Å². The standard InChI is InChI=1S/C23H28ClNO3/c1-2-27-23(26)21-10-6-7-16-25(21)17-15-22(18-8-4-3-5-9-18)28-20-13-11-19(24)12-14-20/h3-5,8-9,11-14,21-22H,2,6-7,10,15-17H2,1H3. The molecule has 1 aliphatic rings. The second-order valence-corrected chi connectivity index (χ2v) is 7.50. The van der Waals surface area contributed by atoms with Gasteiger partial charge in [-0.25, -0.2) is 0 Å². The largest absolute Gasteiger partial charge is 0.486 e. The number of carbonyl (C=O) groups is 1. The number of esters is 1. The van der Waals surface area contributed by atoms with Crippen molar-refractivity contribution >= 4 is 17.6 Å². The van der Waals surface area contributed by atoms with Crippen LogP contribution in [-0.4, -0.2) is 36.6 Å². The summed E-state index contributed by atoms with van der Waals surface area (Å²) in [5.74, 6) is 0.691. The van der Waals surface area contributed by atoms with Crippen molar-refractivity contribution in [3.05, 3.63) is 65.2 Å². The molecule has 1 heterocycles. The Labute approximate surface area is 172 Å². The molecule has 2 unspecified atom stereocenters. The third kappa shape index (κ3) is 5.73. The van der Waals surface area contributed by atoms with E-state index in [1.807, 2.05) is 49.4 Å². The number of hydrogen-bond donors (Lipinski definition) is 0. The molecule has 0 radical (unpaired) electrons. The summed E-state index contributed by atoms with van der Waals surface area (Å²) in [6.07, 6.45) is 3.76. The molecule has 2 aromatic carbocycles. The van der Waals surface area contributed by atoms with Crippen molar-refractivity contribution in [3.8, 4) is 5.75 Å². The normalized spacial score (nSPS) is 18.4. The predicted octanol–water partition coefficient (Wildman–Crippen LogP) is 5.27. The van der Waals surface area contributed by atoms with Crippen LogP contribution in [0.15, 0.2) is 54.6 Å². The molecule has 0 spiro atoms. The summed E-state index contributed by atoms with van der Waals surface area (Å²) >= 11 is 5.99. The quantitative estimate of drug-likeness (QED) is 0.565. The lowest BCUT2D eigenvalue weighted by Crippen LogP contribution is -2.46. The van der Waals surface area contributed by atoms with E-state index >= 15 is 0 Å². The number of hydrogen-bond acceptors (Lipinski definition) is 4. The minimum absolute atomic E-state index is 0.0906. The molecule has 0 N–H and O–H groups in total. The van der Waals surface area contributed by atoms with Crippen LogP contribution in [0.25, 0.3) is 0 Å². The Morgan fingerprint density at radius 2 is 1.89 bits per heavy atom. The number of piperidine rings is 1. The third-order valence-electron chi connectivity index (χ3n) is 5.11. The number of likely N-dealkylation sites (tertiary alicyclic amines) is 1. The maximum Gasteiger partial charge on any atom is 0.323 e. The maximum absolute atomic E-state index is 12.3. The fraction of sp³-hybridized carbons (Fsp3) is 0.435. The second-order valence-electron chi connectivity index (χ2n) is 7.06. The third-order valence-corrected chi connectivity index (χ3v) is 5.37. The van der Waals surface area contributed by atoms with E-state index in [4.69, 9.17) is 21.1 Å². The Kier molecular flexibility index (Phi) is 7.75. The van der Waals surface area contributed by atoms with Gasteiger partial charge in [0.1, 0.15) is 17.9 Å². The molecule has 0 bridgehead atoms. The van der Waals surface area contributed by atoms with E-state index in [1.165, 1.54) is 0 Å². The van der Waals surface area contributed by atoms with Crippen LogP contribution in [-0.2, 0) is 9.53 Å². The van der Waals surface area contributed by atoms with Gasteiger partial charge in [0.05, 0.1) is 6.61 Å². The number of rotatable bonds is 8. The molecule has 1 fully saturated rings. The van der Waals surface area contributed by atoms with Crippen LogP contribution in [0.2, 0.25) is 5.02 Å². The van der Waals surface area contributed by atoms with Crippen molar-refractivity contribution in [1.82, 2.24) is 4.90 Å². The number of nitrogens with zero attached hydrogens (tertiary/aromatic N) is 1. The van der Waals surface area contributed by atoms with E-state index in [0.29, 0.717) is 11.6 Å². The van der Waals surface area contributed by atoms with Gasteiger partial charge >= 0.3 is 5.97 Å². The van der Waals surface area contributed by atoms with Crippen LogP contribution >= 0.6 is 11.6 Å². The Hall–Kier alpha value is -2.04. The molecule has 2 aromatic rings. The van der Waals surface area contributed by atoms with Gasteiger partial charge < -0.3 is 9.47 Å². The van der Waals surface area contributed by atoms with E-state index in [0.717, 1.165) is 50.1 Å². The summed E-state index contributed by atoms with van der Waals surface area (Å²) in [5, 5.41) is 0.689. The first kappa shape index (κ1) is 20.7. The van der Waals surface area contributed by atoms with Crippen molar-refractivity contribution < 1.29 is 14.3 Å². The summed E-state index contributed by atoms with van der Waals surface area (Å²) in [7, 11) is 0. The van der Waals surface area contributed by atoms with Gasteiger partial charge in [0.25, 0.3) is 0 Å². The highest BCUT2D eigenvalue weighted by Crippen LogP contribution is 2.28. The first-order chi connectivity index (χ1) is 13.7. The minimum Gasteiger partial charge on any atom is -0.486 e. The van der Waals surface area contributed by atoms with Crippen LogP contribution in [0.4, 0.5) is 0 Å². The molecule has 5 heteroatoms. The zero-order valence-electron chi connectivity index (χ0n) is 16.4. The molecular weight excluding hydrogens is 374 g/mol. The Bertz CT molecular complexity index is 735. The molecule has 0 aliphatic carbocycles. The lowest BCUT2D eigenvalue weighted by Gasteiger charge is -2.34. The molecule has 0 amide bonds. The van der Waals surface area contributed by atoms with Crippen molar-refractivity contribution in [2.75, 3.05) is 19.7 Å². The van der Waals surface area contributed by atoms with Crippen molar-refractivity contribution in [1.29, 1.82) is 0 Å². The molecule has 4 nitrogen and oxygen atoms in total. The Balaban J connectivity index is 1.70. The number of halogens is 1. The van der Waals surface area contributed by atoms with Crippen LogP contribution in [0.3, 0.4) is 0 Å². The lowest BCUT2D eigenvalue weighted by molar-refractivity contribution is -0.151. The van der Waals surface area contributed by atoms with Crippen molar-refractivity contribution in [2.45, 2.75) is 44.8 Å². The van der Waals surface area contributed by atoms with Gasteiger partial charge in [0.2, 0.25) is 0 Å². The lowest BCUT2D eigenvalue weighted by atomic mass is 10.00. The number of carbonyl (C=O) groups excluding carboxylic acids is 1. The second kappa shape index (κ2) is 10.5. The first-order valence-corrected chi connectivity index (χ1v) is 10.4. The van der Waals surface area contributed by atoms with Gasteiger partial charge in [0.15, 0.2) is 0 Å². The molecule has 28 heavy (non-hydrogen) atoms. The molecule has 1 saturated heterocycles. The molecule has 2 atom stereocenters. The first-order valence-electron chi connectivity index (χ1n) is 10.0. The van der Waals surface area contributed by atoms with Crippen LogP contribution < -0.4 is 4.74 Å². The fourth-order valence-corrected chi connectivity index (χ4v) is 3.81. The smallest absolute Gasteiger partial charge is 0.323 e. The number of benzene rings is 2. The van der Waals surface area contributed by atoms with E-state index in [-0.39, 0.29) is 18.1 Å². The Morgan fingerprint density at radius 1 is 1.14 bits per heavy atom. The molecule has 3 rings (SSSR count). The fourth-order valence-electron chi connectivity index (χ4n) is 3.69. The summed E-state index contributed by atoms with van der Waals surface area (Å²) in [4.78, 5) is 14.6. The van der Waals surface area contributed by atoms with Crippen molar-refractivity contribution in [3.63, 3.8) is 0 Å². The molecule has 0 aromatic heterocycles. The van der Waals surface area contributed by atoms with E-state index in [1.54, 1.807) is 0 Å². The van der Waals surface area contributed by atoms with Gasteiger partial charge in [0, 0.05) is 18.0 Å². The average molecular weight is 402 g/mol. The molecular formula is C23H28ClNO3. The van der Waals surface area contributed by atoms with Gasteiger partial charge in [-0.2, -0.15) is 0 Å². The highest BCUT2D eigenvalue weighted by Gasteiger charge is 2.30. The van der Waals surface area contributed by atoms with E-state index < -0.39 is 0 Å². The van der Waals surface area contributed by atoms with Crippen molar-refractivity contribution in [2.24, 2.45) is 0 Å². The summed E-state index contributed by atoms with van der Waals surface area (Å²) in [6, 6.07) is 17.5. The van der Waals surface area contributed by atoms with Gasteiger partial charge in [-0.05, 0) is 56.1 Å². The van der Waals surface area contributed by atoms with Gasteiger partial charge in [-0.3, -0.25) is 9.69 Å².